The number of hydrogen-bond acceptors (Lipinski definition) is 4. The minimum atomic E-state index is -0.161. The molecule has 3 aromatic carbocycles. The van der Waals surface area contributed by atoms with Crippen LogP contribution in [0, 0.1) is 13.8 Å². The molecule has 3 N–H and O–H groups in total. The summed E-state index contributed by atoms with van der Waals surface area (Å²) in [6, 6.07) is 20.0. The molecule has 5 heteroatoms. The van der Waals surface area contributed by atoms with Gasteiger partial charge in [-0.1, -0.05) is 39.7 Å². The summed E-state index contributed by atoms with van der Waals surface area (Å²) in [5.41, 5.74) is 6.54. The monoisotopic (exact) mass is 478 g/mol. The summed E-state index contributed by atoms with van der Waals surface area (Å²) in [6.45, 7) is 6.86. The highest BCUT2D eigenvalue weighted by Crippen LogP contribution is 2.35. The Kier molecular flexibility index (Phi) is 6.35. The number of aryl methyl sites for hydroxylation is 2. The fraction of sp³-hybridized carbons (Fsp3) is 0.231. The summed E-state index contributed by atoms with van der Waals surface area (Å²) in [7, 11) is 0. The summed E-state index contributed by atoms with van der Waals surface area (Å²) >= 11 is 3.54. The van der Waals surface area contributed by atoms with Crippen molar-refractivity contribution >= 4 is 21.6 Å². The largest absolute Gasteiger partial charge is 0.508 e. The molecule has 0 aromatic heterocycles. The fourth-order valence-electron chi connectivity index (χ4n) is 3.99. The maximum absolute atomic E-state index is 10.6. The van der Waals surface area contributed by atoms with Gasteiger partial charge in [-0.25, -0.2) is 0 Å². The van der Waals surface area contributed by atoms with Gasteiger partial charge >= 0.3 is 0 Å². The van der Waals surface area contributed by atoms with Gasteiger partial charge < -0.3 is 15.2 Å². The number of aromatic hydroxyl groups is 1. The van der Waals surface area contributed by atoms with Crippen LogP contribution in [0.4, 0.5) is 0 Å². The number of nitrogens with one attached hydrogen (secondary N) is 2. The van der Waals surface area contributed by atoms with E-state index in [4.69, 9.17) is 4.74 Å². The third-order valence-electron chi connectivity index (χ3n) is 5.52. The second-order valence-corrected chi connectivity index (χ2v) is 8.74. The van der Waals surface area contributed by atoms with E-state index < -0.39 is 0 Å². The molecule has 1 heterocycles. The van der Waals surface area contributed by atoms with E-state index in [1.165, 1.54) is 16.7 Å². The molecule has 0 spiro atoms. The maximum Gasteiger partial charge on any atom is 0.120 e. The van der Waals surface area contributed by atoms with Crippen molar-refractivity contribution in [3.63, 3.8) is 0 Å². The minimum absolute atomic E-state index is 0.101. The predicted octanol–water partition coefficient (Wildman–Crippen LogP) is 6.14. The molecule has 0 amide bonds. The Labute approximate surface area is 192 Å². The summed E-state index contributed by atoms with van der Waals surface area (Å²) < 4.78 is 6.52. The van der Waals surface area contributed by atoms with Crippen LogP contribution in [0.3, 0.4) is 0 Å². The molecule has 2 atom stereocenters. The van der Waals surface area contributed by atoms with Gasteiger partial charge in [0.15, 0.2) is 0 Å². The fourth-order valence-corrected chi connectivity index (χ4v) is 4.37. The summed E-state index contributed by atoms with van der Waals surface area (Å²) in [6.07, 6.45) is 2.02. The van der Waals surface area contributed by atoms with Crippen LogP contribution < -0.4 is 15.4 Å². The first-order valence-corrected chi connectivity index (χ1v) is 11.3. The lowest BCUT2D eigenvalue weighted by molar-refractivity contribution is 0.340. The highest BCUT2D eigenvalue weighted by atomic mass is 79.9. The lowest BCUT2D eigenvalue weighted by Gasteiger charge is -2.34. The molecule has 160 valence electrons. The molecule has 0 aliphatic carbocycles. The van der Waals surface area contributed by atoms with Gasteiger partial charge in [0, 0.05) is 15.7 Å². The van der Waals surface area contributed by atoms with Crippen LogP contribution >= 0.6 is 15.9 Å². The van der Waals surface area contributed by atoms with Crippen molar-refractivity contribution in [2.24, 2.45) is 0 Å². The normalized spacial score (nSPS) is 18.3. The zero-order valence-electron chi connectivity index (χ0n) is 17.9. The zero-order valence-corrected chi connectivity index (χ0v) is 19.5. The van der Waals surface area contributed by atoms with Crippen LogP contribution in [0.1, 0.15) is 46.9 Å². The van der Waals surface area contributed by atoms with Crippen LogP contribution in [0.5, 0.6) is 11.5 Å². The van der Waals surface area contributed by atoms with E-state index in [1.54, 1.807) is 6.07 Å². The first-order valence-electron chi connectivity index (χ1n) is 10.5. The lowest BCUT2D eigenvalue weighted by Crippen LogP contribution is -2.40. The van der Waals surface area contributed by atoms with Crippen LogP contribution in [0.15, 0.2) is 71.2 Å². The van der Waals surface area contributed by atoms with E-state index in [2.05, 4.69) is 76.8 Å². The Morgan fingerprint density at radius 2 is 1.74 bits per heavy atom. The van der Waals surface area contributed by atoms with Crippen molar-refractivity contribution in [1.82, 2.24) is 10.6 Å². The zero-order chi connectivity index (χ0) is 22.0. The van der Waals surface area contributed by atoms with Crippen LogP contribution in [0.2, 0.25) is 0 Å². The third kappa shape index (κ3) is 4.78. The van der Waals surface area contributed by atoms with E-state index in [1.807, 2.05) is 31.2 Å². The number of ether oxygens (including phenoxy) is 1. The quantitative estimate of drug-likeness (QED) is 0.411. The van der Waals surface area contributed by atoms with E-state index in [0.717, 1.165) is 27.0 Å². The molecule has 4 nitrogen and oxygen atoms in total. The van der Waals surface area contributed by atoms with Gasteiger partial charge in [-0.05, 0) is 86.0 Å². The Morgan fingerprint density at radius 1 is 0.968 bits per heavy atom. The summed E-state index contributed by atoms with van der Waals surface area (Å²) in [5.74, 6) is 1.12. The average Bonchev–Trinajstić information content (AvgIpc) is 2.76. The third-order valence-corrected chi connectivity index (χ3v) is 6.01. The van der Waals surface area contributed by atoms with E-state index >= 15 is 0 Å². The number of benzene rings is 3. The van der Waals surface area contributed by atoms with Crippen molar-refractivity contribution in [2.45, 2.75) is 33.0 Å². The first-order chi connectivity index (χ1) is 14.9. The van der Waals surface area contributed by atoms with Gasteiger partial charge in [-0.15, -0.1) is 0 Å². The lowest BCUT2D eigenvalue weighted by atomic mass is 9.96. The molecule has 2 unspecified atom stereocenters. The Bertz CT molecular complexity index is 1110. The van der Waals surface area contributed by atoms with Crippen LogP contribution in [-0.4, -0.2) is 11.7 Å². The Balaban J connectivity index is 1.75. The SMILES string of the molecule is CCOc1ccc(C2=CC(c3cc(Br)ccc3O)NC(c3ccc(C)cc3C)N2)cc1. The molecule has 4 rings (SSSR count). The highest BCUT2D eigenvalue weighted by Gasteiger charge is 2.26. The number of phenols is 1. The van der Waals surface area contributed by atoms with E-state index in [9.17, 15) is 5.11 Å². The van der Waals surface area contributed by atoms with Crippen LogP contribution in [0.25, 0.3) is 5.70 Å². The number of hydrogen-bond donors (Lipinski definition) is 3. The molecule has 0 saturated heterocycles. The van der Waals surface area contributed by atoms with Gasteiger partial charge in [0.25, 0.3) is 0 Å². The Morgan fingerprint density at radius 3 is 2.45 bits per heavy atom. The number of phenolic OH excluding ortho intramolecular Hbond substituents is 1. The van der Waals surface area contributed by atoms with Gasteiger partial charge in [0.2, 0.25) is 0 Å². The topological polar surface area (TPSA) is 53.5 Å². The molecule has 0 bridgehead atoms. The second kappa shape index (κ2) is 9.16. The van der Waals surface area contributed by atoms with Crippen molar-refractivity contribution < 1.29 is 9.84 Å². The molecular formula is C26H27BrN2O2. The Hall–Kier alpha value is -2.76. The molecule has 0 saturated carbocycles. The summed E-state index contributed by atoms with van der Waals surface area (Å²) in [5, 5.41) is 17.9. The van der Waals surface area contributed by atoms with E-state index in [-0.39, 0.29) is 18.0 Å². The molecule has 31 heavy (non-hydrogen) atoms. The van der Waals surface area contributed by atoms with Crippen molar-refractivity contribution in [2.75, 3.05) is 6.61 Å². The minimum Gasteiger partial charge on any atom is -0.508 e. The molecule has 3 aromatic rings. The van der Waals surface area contributed by atoms with Crippen molar-refractivity contribution in [1.29, 1.82) is 0 Å². The van der Waals surface area contributed by atoms with E-state index in [0.29, 0.717) is 6.61 Å². The molecule has 1 aliphatic rings. The van der Waals surface area contributed by atoms with Gasteiger partial charge in [0.1, 0.15) is 17.7 Å². The predicted molar refractivity (Wildman–Crippen MR) is 129 cm³/mol. The molecular weight excluding hydrogens is 452 g/mol. The summed E-state index contributed by atoms with van der Waals surface area (Å²) in [4.78, 5) is 0. The standard InChI is InChI=1S/C26H27BrN2O2/c1-4-31-20-9-6-18(7-10-20)23-15-24(22-14-19(27)8-12-25(22)30)29-26(28-23)21-11-5-16(2)13-17(21)3/h5-15,24,26,28-30H,4H2,1-3H3. The van der Waals surface area contributed by atoms with Gasteiger partial charge in [-0.3, -0.25) is 5.32 Å². The molecule has 0 radical (unpaired) electrons. The van der Waals surface area contributed by atoms with Crippen molar-refractivity contribution in [3.8, 4) is 11.5 Å². The number of halogens is 1. The smallest absolute Gasteiger partial charge is 0.120 e. The van der Waals surface area contributed by atoms with Crippen molar-refractivity contribution in [3.05, 3.63) is 99.0 Å². The average molecular weight is 479 g/mol. The first kappa shape index (κ1) is 21.5. The highest BCUT2D eigenvalue weighted by molar-refractivity contribution is 9.10. The van der Waals surface area contributed by atoms with Crippen LogP contribution in [-0.2, 0) is 0 Å². The maximum atomic E-state index is 10.6. The second-order valence-electron chi connectivity index (χ2n) is 7.82. The van der Waals surface area contributed by atoms with Gasteiger partial charge in [-0.2, -0.15) is 0 Å². The molecule has 0 fully saturated rings. The van der Waals surface area contributed by atoms with Gasteiger partial charge in [0.05, 0.1) is 12.6 Å². The molecule has 1 aliphatic heterocycles. The number of rotatable bonds is 5.